The standard InChI is InChI=1S/C20H25N3O3/c1-2-3-7-16(12-21)22-20(25)19-15(9-10-26-19)13-23-17-8-5-4-6-14(17)11-18(23)24/h4-6,8-10,16H,2-3,7,11-13,21H2,1H3,(H,22,25). The van der Waals surface area contributed by atoms with Gasteiger partial charge in [0.25, 0.3) is 5.91 Å². The molecule has 2 amide bonds. The summed E-state index contributed by atoms with van der Waals surface area (Å²) in [6, 6.07) is 9.38. The summed E-state index contributed by atoms with van der Waals surface area (Å²) in [6.45, 7) is 2.81. The van der Waals surface area contributed by atoms with Crippen molar-refractivity contribution in [2.24, 2.45) is 5.73 Å². The van der Waals surface area contributed by atoms with Crippen LogP contribution in [0.4, 0.5) is 5.69 Å². The maximum Gasteiger partial charge on any atom is 0.287 e. The Kier molecular flexibility index (Phi) is 5.73. The van der Waals surface area contributed by atoms with Crippen LogP contribution in [0.25, 0.3) is 0 Å². The SMILES string of the molecule is CCCCC(CN)NC(=O)c1occc1CN1C(=O)Cc2ccccc21. The third-order valence-electron chi connectivity index (χ3n) is 4.73. The minimum atomic E-state index is -0.281. The zero-order valence-electron chi connectivity index (χ0n) is 15.0. The average molecular weight is 355 g/mol. The van der Waals surface area contributed by atoms with Crippen molar-refractivity contribution in [3.8, 4) is 0 Å². The third-order valence-corrected chi connectivity index (χ3v) is 4.73. The van der Waals surface area contributed by atoms with Gasteiger partial charge in [-0.15, -0.1) is 0 Å². The number of benzene rings is 1. The summed E-state index contributed by atoms with van der Waals surface area (Å²) in [4.78, 5) is 26.7. The summed E-state index contributed by atoms with van der Waals surface area (Å²) < 4.78 is 5.42. The van der Waals surface area contributed by atoms with Crippen LogP contribution in [0, 0.1) is 0 Å². The van der Waals surface area contributed by atoms with Gasteiger partial charge in [-0.25, -0.2) is 0 Å². The lowest BCUT2D eigenvalue weighted by Crippen LogP contribution is -2.40. The van der Waals surface area contributed by atoms with E-state index in [0.29, 0.717) is 25.1 Å². The molecule has 6 heteroatoms. The zero-order valence-corrected chi connectivity index (χ0v) is 15.0. The number of carbonyl (C=O) groups excluding carboxylic acids is 2. The highest BCUT2D eigenvalue weighted by atomic mass is 16.3. The van der Waals surface area contributed by atoms with Gasteiger partial charge in [0, 0.05) is 23.8 Å². The van der Waals surface area contributed by atoms with Crippen molar-refractivity contribution in [1.29, 1.82) is 0 Å². The number of unbranched alkanes of at least 4 members (excludes halogenated alkanes) is 1. The molecule has 138 valence electrons. The monoisotopic (exact) mass is 355 g/mol. The molecule has 26 heavy (non-hydrogen) atoms. The molecule has 1 aliphatic heterocycles. The number of hydrogen-bond acceptors (Lipinski definition) is 4. The number of nitrogens with zero attached hydrogens (tertiary/aromatic N) is 1. The van der Waals surface area contributed by atoms with Crippen LogP contribution in [0.1, 0.15) is 47.9 Å². The van der Waals surface area contributed by atoms with E-state index in [1.54, 1.807) is 11.0 Å². The van der Waals surface area contributed by atoms with Crippen LogP contribution >= 0.6 is 0 Å². The highest BCUT2D eigenvalue weighted by molar-refractivity contribution is 6.01. The summed E-state index contributed by atoms with van der Waals surface area (Å²) in [6.07, 6.45) is 4.77. The molecule has 2 heterocycles. The number of fused-ring (bicyclic) bond motifs is 1. The molecule has 1 unspecified atom stereocenters. The number of anilines is 1. The smallest absolute Gasteiger partial charge is 0.287 e. The highest BCUT2D eigenvalue weighted by Crippen LogP contribution is 2.30. The second-order valence-electron chi connectivity index (χ2n) is 6.61. The minimum Gasteiger partial charge on any atom is -0.459 e. The van der Waals surface area contributed by atoms with Crippen molar-refractivity contribution in [3.05, 3.63) is 53.5 Å². The fourth-order valence-electron chi connectivity index (χ4n) is 3.27. The molecule has 0 spiro atoms. The van der Waals surface area contributed by atoms with Gasteiger partial charge in [0.2, 0.25) is 5.91 Å². The number of amides is 2. The number of nitrogens with one attached hydrogen (secondary N) is 1. The Morgan fingerprint density at radius 1 is 1.35 bits per heavy atom. The van der Waals surface area contributed by atoms with Gasteiger partial charge in [0.15, 0.2) is 5.76 Å². The molecule has 3 rings (SSSR count). The predicted octanol–water partition coefficient (Wildman–Crippen LogP) is 2.62. The number of furan rings is 1. The normalized spacial score (nSPS) is 14.4. The zero-order chi connectivity index (χ0) is 18.5. The largest absolute Gasteiger partial charge is 0.459 e. The molecule has 1 atom stereocenters. The maximum absolute atomic E-state index is 12.6. The van der Waals surface area contributed by atoms with Crippen molar-refractivity contribution < 1.29 is 14.0 Å². The fourth-order valence-corrected chi connectivity index (χ4v) is 3.27. The first-order valence-corrected chi connectivity index (χ1v) is 9.09. The van der Waals surface area contributed by atoms with Crippen molar-refractivity contribution in [3.63, 3.8) is 0 Å². The lowest BCUT2D eigenvalue weighted by Gasteiger charge is -2.18. The van der Waals surface area contributed by atoms with Gasteiger partial charge in [-0.2, -0.15) is 0 Å². The number of rotatable bonds is 8. The van der Waals surface area contributed by atoms with E-state index in [0.717, 1.165) is 30.5 Å². The average Bonchev–Trinajstić information content (AvgIpc) is 3.23. The number of hydrogen-bond donors (Lipinski definition) is 2. The Labute approximate surface area is 153 Å². The van der Waals surface area contributed by atoms with Crippen LogP contribution in [0.15, 0.2) is 41.0 Å². The second-order valence-corrected chi connectivity index (χ2v) is 6.61. The molecule has 0 fully saturated rings. The Morgan fingerprint density at radius 2 is 2.15 bits per heavy atom. The Morgan fingerprint density at radius 3 is 2.92 bits per heavy atom. The van der Waals surface area contributed by atoms with E-state index in [2.05, 4.69) is 12.2 Å². The van der Waals surface area contributed by atoms with Gasteiger partial charge in [-0.3, -0.25) is 9.59 Å². The molecular weight excluding hydrogens is 330 g/mol. The molecule has 6 nitrogen and oxygen atoms in total. The van der Waals surface area contributed by atoms with Gasteiger partial charge < -0.3 is 20.4 Å². The van der Waals surface area contributed by atoms with E-state index < -0.39 is 0 Å². The number of carbonyl (C=O) groups is 2. The predicted molar refractivity (Wildman–Crippen MR) is 99.9 cm³/mol. The molecule has 0 bridgehead atoms. The van der Waals surface area contributed by atoms with Crippen LogP contribution in [0.2, 0.25) is 0 Å². The molecule has 1 aliphatic rings. The summed E-state index contributed by atoms with van der Waals surface area (Å²) in [5.74, 6) is -0.00449. The van der Waals surface area contributed by atoms with Crippen molar-refractivity contribution in [2.45, 2.75) is 45.2 Å². The van der Waals surface area contributed by atoms with E-state index in [-0.39, 0.29) is 23.6 Å². The second kappa shape index (κ2) is 8.19. The molecule has 0 saturated heterocycles. The highest BCUT2D eigenvalue weighted by Gasteiger charge is 2.29. The van der Waals surface area contributed by atoms with Gasteiger partial charge >= 0.3 is 0 Å². The third kappa shape index (κ3) is 3.80. The first-order valence-electron chi connectivity index (χ1n) is 9.09. The molecule has 2 aromatic rings. The first-order chi connectivity index (χ1) is 12.6. The van der Waals surface area contributed by atoms with Gasteiger partial charge in [0.1, 0.15) is 0 Å². The quantitative estimate of drug-likeness (QED) is 0.762. The van der Waals surface area contributed by atoms with E-state index in [1.165, 1.54) is 6.26 Å². The van der Waals surface area contributed by atoms with Crippen molar-refractivity contribution >= 4 is 17.5 Å². The van der Waals surface area contributed by atoms with E-state index in [4.69, 9.17) is 10.2 Å². The van der Waals surface area contributed by atoms with E-state index in [1.807, 2.05) is 24.3 Å². The topological polar surface area (TPSA) is 88.6 Å². The maximum atomic E-state index is 12.6. The number of nitrogens with two attached hydrogens (primary N) is 1. The van der Waals surface area contributed by atoms with Crippen LogP contribution in [0.5, 0.6) is 0 Å². The lowest BCUT2D eigenvalue weighted by atomic mass is 10.1. The number of para-hydroxylation sites is 1. The Hall–Kier alpha value is -2.60. The molecule has 1 aromatic carbocycles. The molecule has 3 N–H and O–H groups in total. The minimum absolute atomic E-state index is 0.0292. The molecule has 0 saturated carbocycles. The first kappa shape index (κ1) is 18.2. The van der Waals surface area contributed by atoms with Crippen molar-refractivity contribution in [1.82, 2.24) is 5.32 Å². The van der Waals surface area contributed by atoms with E-state index in [9.17, 15) is 9.59 Å². The van der Waals surface area contributed by atoms with Crippen LogP contribution in [-0.2, 0) is 17.8 Å². The van der Waals surface area contributed by atoms with E-state index >= 15 is 0 Å². The summed E-state index contributed by atoms with van der Waals surface area (Å²) in [7, 11) is 0. The summed E-state index contributed by atoms with van der Waals surface area (Å²) in [5, 5.41) is 2.94. The Balaban J connectivity index is 1.73. The molecular formula is C20H25N3O3. The van der Waals surface area contributed by atoms with Crippen LogP contribution in [0.3, 0.4) is 0 Å². The summed E-state index contributed by atoms with van der Waals surface area (Å²) in [5.41, 5.74) is 8.36. The van der Waals surface area contributed by atoms with Crippen LogP contribution < -0.4 is 16.0 Å². The molecule has 0 radical (unpaired) electrons. The van der Waals surface area contributed by atoms with Gasteiger partial charge in [-0.1, -0.05) is 38.0 Å². The van der Waals surface area contributed by atoms with Crippen LogP contribution in [-0.4, -0.2) is 24.4 Å². The molecule has 0 aliphatic carbocycles. The Bertz CT molecular complexity index is 784. The van der Waals surface area contributed by atoms with Crippen molar-refractivity contribution in [2.75, 3.05) is 11.4 Å². The lowest BCUT2D eigenvalue weighted by molar-refractivity contribution is -0.117. The summed E-state index contributed by atoms with van der Waals surface area (Å²) >= 11 is 0. The van der Waals surface area contributed by atoms with Gasteiger partial charge in [0.05, 0.1) is 19.2 Å². The molecule has 1 aromatic heterocycles. The van der Waals surface area contributed by atoms with Gasteiger partial charge in [-0.05, 0) is 24.1 Å². The fraction of sp³-hybridized carbons (Fsp3) is 0.400.